The topological polar surface area (TPSA) is 62.7 Å². The van der Waals surface area contributed by atoms with Gasteiger partial charge in [-0.2, -0.15) is 18.4 Å². The molecule has 0 saturated carbocycles. The van der Waals surface area contributed by atoms with Gasteiger partial charge in [0.1, 0.15) is 17.5 Å². The molecule has 0 saturated heterocycles. The Bertz CT molecular complexity index is 461. The van der Waals surface area contributed by atoms with E-state index in [0.717, 1.165) is 0 Å². The van der Waals surface area contributed by atoms with Gasteiger partial charge in [-0.05, 0) is 11.6 Å². The van der Waals surface area contributed by atoms with Gasteiger partial charge in [-0.25, -0.2) is 13.8 Å². The minimum atomic E-state index is -4.88. The Morgan fingerprint density at radius 2 is 2.00 bits per heavy atom. The lowest BCUT2D eigenvalue weighted by Crippen LogP contribution is -2.17. The first-order valence-corrected chi connectivity index (χ1v) is 4.30. The van der Waals surface area contributed by atoms with Crippen molar-refractivity contribution in [3.63, 3.8) is 0 Å². The number of rotatable bonds is 2. The molecule has 0 fully saturated rings. The second kappa shape index (κ2) is 4.63. The zero-order valence-corrected chi connectivity index (χ0v) is 8.22. The molecule has 0 atom stereocenters. The van der Waals surface area contributed by atoms with E-state index in [-0.39, 0.29) is 0 Å². The number of nitrogens with two attached hydrogens (primary N) is 1. The highest BCUT2D eigenvalue weighted by atomic mass is 19.4. The first-order valence-electron chi connectivity index (χ1n) is 4.30. The highest BCUT2D eigenvalue weighted by Crippen LogP contribution is 2.33. The number of pyridine rings is 1. The van der Waals surface area contributed by atoms with Crippen LogP contribution >= 0.6 is 0 Å². The van der Waals surface area contributed by atoms with Crippen LogP contribution in [0.5, 0.6) is 0 Å². The van der Waals surface area contributed by atoms with Gasteiger partial charge in [0, 0.05) is 6.54 Å². The van der Waals surface area contributed by atoms with Crippen LogP contribution in [0.15, 0.2) is 6.07 Å². The van der Waals surface area contributed by atoms with Crippen molar-refractivity contribution in [2.75, 3.05) is 0 Å². The van der Waals surface area contributed by atoms with E-state index >= 15 is 0 Å². The monoisotopic (exact) mass is 251 g/mol. The summed E-state index contributed by atoms with van der Waals surface area (Å²) in [4.78, 5) is 2.81. The van der Waals surface area contributed by atoms with Crippen LogP contribution in [0.4, 0.5) is 22.0 Å². The summed E-state index contributed by atoms with van der Waals surface area (Å²) in [6.07, 6.45) is -8.13. The summed E-state index contributed by atoms with van der Waals surface area (Å²) in [6.45, 7) is -0.542. The van der Waals surface area contributed by atoms with Crippen molar-refractivity contribution in [1.82, 2.24) is 4.98 Å². The molecule has 1 heterocycles. The Morgan fingerprint density at radius 1 is 1.41 bits per heavy atom. The fourth-order valence-electron chi connectivity index (χ4n) is 1.23. The van der Waals surface area contributed by atoms with Crippen LogP contribution < -0.4 is 5.73 Å². The third-order valence-corrected chi connectivity index (χ3v) is 1.95. The molecule has 0 aliphatic rings. The van der Waals surface area contributed by atoms with Crippen LogP contribution in [0.25, 0.3) is 0 Å². The summed E-state index contributed by atoms with van der Waals surface area (Å²) < 4.78 is 62.2. The smallest absolute Gasteiger partial charge is 0.326 e. The lowest BCUT2D eigenvalue weighted by Gasteiger charge is -2.13. The molecule has 1 aromatic rings. The maximum absolute atomic E-state index is 12.5. The van der Waals surface area contributed by atoms with Crippen molar-refractivity contribution < 1.29 is 22.0 Å². The third kappa shape index (κ3) is 2.68. The zero-order chi connectivity index (χ0) is 13.2. The predicted molar refractivity (Wildman–Crippen MR) is 46.8 cm³/mol. The average molecular weight is 251 g/mol. The second-order valence-corrected chi connectivity index (χ2v) is 3.04. The zero-order valence-electron chi connectivity index (χ0n) is 8.22. The van der Waals surface area contributed by atoms with E-state index in [1.54, 1.807) is 0 Å². The largest absolute Gasteiger partial charge is 0.433 e. The van der Waals surface area contributed by atoms with Crippen molar-refractivity contribution in [2.45, 2.75) is 19.1 Å². The molecule has 8 heteroatoms. The molecule has 1 aromatic heterocycles. The van der Waals surface area contributed by atoms with Gasteiger partial charge < -0.3 is 5.73 Å². The molecule has 0 aromatic carbocycles. The van der Waals surface area contributed by atoms with Crippen molar-refractivity contribution in [3.8, 4) is 6.07 Å². The summed E-state index contributed by atoms with van der Waals surface area (Å²) >= 11 is 0. The molecule has 0 amide bonds. The molecule has 1 rings (SSSR count). The second-order valence-electron chi connectivity index (χ2n) is 3.04. The van der Waals surface area contributed by atoms with Crippen LogP contribution in [0, 0.1) is 11.3 Å². The quantitative estimate of drug-likeness (QED) is 0.820. The van der Waals surface area contributed by atoms with Gasteiger partial charge in [-0.15, -0.1) is 0 Å². The van der Waals surface area contributed by atoms with Crippen molar-refractivity contribution in [2.24, 2.45) is 5.73 Å². The Kier molecular flexibility index (Phi) is 3.63. The number of nitrogens with zero attached hydrogens (tertiary/aromatic N) is 2. The molecule has 92 valence electrons. The SMILES string of the molecule is N#Cc1cc(CN)c(C(F)(F)F)nc1C(F)F. The summed E-state index contributed by atoms with van der Waals surface area (Å²) in [5, 5.41) is 8.54. The number of alkyl halides is 5. The van der Waals surface area contributed by atoms with Crippen molar-refractivity contribution in [1.29, 1.82) is 5.26 Å². The summed E-state index contributed by atoms with van der Waals surface area (Å²) in [7, 11) is 0. The van der Waals surface area contributed by atoms with E-state index in [0.29, 0.717) is 6.07 Å². The van der Waals surface area contributed by atoms with E-state index in [9.17, 15) is 22.0 Å². The summed E-state index contributed by atoms with van der Waals surface area (Å²) in [5.41, 5.74) is 1.31. The Labute approximate surface area is 92.7 Å². The highest BCUT2D eigenvalue weighted by molar-refractivity contribution is 5.40. The van der Waals surface area contributed by atoms with Gasteiger partial charge in [-0.1, -0.05) is 0 Å². The number of halogens is 5. The standard InChI is InChI=1S/C9H6F5N3/c10-8(11)6-4(2-15)1-5(3-16)7(17-6)9(12,13)14/h1,8H,3,16H2. The Balaban J connectivity index is 3.52. The van der Waals surface area contributed by atoms with Gasteiger partial charge in [0.25, 0.3) is 6.43 Å². The Morgan fingerprint density at radius 3 is 2.35 bits per heavy atom. The number of hydrogen-bond donors (Lipinski definition) is 1. The van der Waals surface area contributed by atoms with Crippen LogP contribution in [0.2, 0.25) is 0 Å². The van der Waals surface area contributed by atoms with Gasteiger partial charge >= 0.3 is 6.18 Å². The number of nitriles is 1. The van der Waals surface area contributed by atoms with Crippen molar-refractivity contribution in [3.05, 3.63) is 28.6 Å². The maximum Gasteiger partial charge on any atom is 0.433 e. The fourth-order valence-corrected chi connectivity index (χ4v) is 1.23. The lowest BCUT2D eigenvalue weighted by atomic mass is 10.1. The predicted octanol–water partition coefficient (Wildman–Crippen LogP) is 2.37. The summed E-state index contributed by atoms with van der Waals surface area (Å²) in [5.74, 6) is 0. The molecule has 0 aliphatic carbocycles. The molecule has 3 nitrogen and oxygen atoms in total. The molecular weight excluding hydrogens is 245 g/mol. The first kappa shape index (κ1) is 13.3. The van der Waals surface area contributed by atoms with Crippen LogP contribution in [-0.2, 0) is 12.7 Å². The number of hydrogen-bond acceptors (Lipinski definition) is 3. The molecule has 0 unspecified atom stereocenters. The average Bonchev–Trinajstić information content (AvgIpc) is 2.25. The fraction of sp³-hybridized carbons (Fsp3) is 0.333. The van der Waals surface area contributed by atoms with E-state index in [4.69, 9.17) is 11.0 Å². The van der Waals surface area contributed by atoms with Crippen LogP contribution in [0.1, 0.15) is 28.9 Å². The van der Waals surface area contributed by atoms with Crippen molar-refractivity contribution >= 4 is 0 Å². The molecule has 0 aliphatic heterocycles. The van der Waals surface area contributed by atoms with Gasteiger partial charge in [-0.3, -0.25) is 0 Å². The normalized spacial score (nSPS) is 11.6. The summed E-state index contributed by atoms with van der Waals surface area (Å²) in [6, 6.07) is 2.06. The van der Waals surface area contributed by atoms with Gasteiger partial charge in [0.2, 0.25) is 0 Å². The molecule has 2 N–H and O–H groups in total. The molecule has 0 spiro atoms. The van der Waals surface area contributed by atoms with E-state index in [1.165, 1.54) is 6.07 Å². The van der Waals surface area contributed by atoms with E-state index in [2.05, 4.69) is 4.98 Å². The minimum Gasteiger partial charge on any atom is -0.326 e. The van der Waals surface area contributed by atoms with E-state index < -0.39 is 41.7 Å². The molecular formula is C9H6F5N3. The van der Waals surface area contributed by atoms with Gasteiger partial charge in [0.15, 0.2) is 0 Å². The highest BCUT2D eigenvalue weighted by Gasteiger charge is 2.36. The van der Waals surface area contributed by atoms with Gasteiger partial charge in [0.05, 0.1) is 5.56 Å². The first-order chi connectivity index (χ1) is 7.81. The molecule has 0 bridgehead atoms. The Hall–Kier alpha value is -1.75. The lowest BCUT2D eigenvalue weighted by molar-refractivity contribution is -0.142. The molecule has 17 heavy (non-hydrogen) atoms. The number of aromatic nitrogens is 1. The van der Waals surface area contributed by atoms with Crippen LogP contribution in [-0.4, -0.2) is 4.98 Å². The van der Waals surface area contributed by atoms with Crippen LogP contribution in [0.3, 0.4) is 0 Å². The third-order valence-electron chi connectivity index (χ3n) is 1.95. The molecule has 0 radical (unpaired) electrons. The maximum atomic E-state index is 12.5. The van der Waals surface area contributed by atoms with E-state index in [1.807, 2.05) is 0 Å². The minimum absolute atomic E-state index is 0.488.